The van der Waals surface area contributed by atoms with Crippen LogP contribution >= 0.6 is 0 Å². The summed E-state index contributed by atoms with van der Waals surface area (Å²) in [5.41, 5.74) is 3.87. The molecule has 3 fully saturated rings. The van der Waals surface area contributed by atoms with Crippen molar-refractivity contribution in [3.63, 3.8) is 0 Å². The topological polar surface area (TPSA) is 116 Å². The van der Waals surface area contributed by atoms with Gasteiger partial charge in [0.2, 0.25) is 0 Å². The molecule has 55 heavy (non-hydrogen) atoms. The molecule has 4 aliphatic rings. The molecule has 2 bridgehead atoms. The van der Waals surface area contributed by atoms with Crippen LogP contribution < -0.4 is 0 Å². The van der Waals surface area contributed by atoms with Crippen molar-refractivity contribution in [1.29, 1.82) is 0 Å². The van der Waals surface area contributed by atoms with Crippen molar-refractivity contribution < 1.29 is 27.8 Å². The third kappa shape index (κ3) is 6.14. The molecule has 4 heterocycles. The van der Waals surface area contributed by atoms with Crippen LogP contribution in [-0.4, -0.2) is 65.7 Å². The third-order valence-electron chi connectivity index (χ3n) is 11.4. The first kappa shape index (κ1) is 35.4. The summed E-state index contributed by atoms with van der Waals surface area (Å²) in [5, 5.41) is 0. The number of likely N-dealkylation sites (tertiary alicyclic amines) is 2. The Morgan fingerprint density at radius 1 is 0.800 bits per heavy atom. The fourth-order valence-corrected chi connectivity index (χ4v) is 9.08. The van der Waals surface area contributed by atoms with Gasteiger partial charge in [0.15, 0.2) is 0 Å². The molecule has 1 saturated carbocycles. The maximum absolute atomic E-state index is 16.4. The highest BCUT2D eigenvalue weighted by molar-refractivity contribution is 5.87. The monoisotopic (exact) mass is 748 g/mol. The summed E-state index contributed by atoms with van der Waals surface area (Å²) in [6.07, 6.45) is 5.40. The van der Waals surface area contributed by atoms with E-state index in [1.54, 1.807) is 35.4 Å². The second-order valence-electron chi connectivity index (χ2n) is 17.5. The lowest BCUT2D eigenvalue weighted by Crippen LogP contribution is -2.43. The van der Waals surface area contributed by atoms with Crippen molar-refractivity contribution in [3.8, 4) is 33.5 Å². The van der Waals surface area contributed by atoms with Gasteiger partial charge in [-0.2, -0.15) is 8.78 Å². The molecule has 2 aliphatic carbocycles. The first-order valence-electron chi connectivity index (χ1n) is 19.3. The van der Waals surface area contributed by atoms with Crippen LogP contribution in [0, 0.1) is 5.92 Å². The average Bonchev–Trinajstić information content (AvgIpc) is 3.97. The minimum Gasteiger partial charge on any atom is -0.444 e. The number of aromatic amines is 2. The fourth-order valence-electron chi connectivity index (χ4n) is 9.08. The first-order valence-corrected chi connectivity index (χ1v) is 19.3. The quantitative estimate of drug-likeness (QED) is 0.189. The number of H-pyrrole nitrogens is 2. The van der Waals surface area contributed by atoms with E-state index in [2.05, 4.69) is 15.0 Å². The number of alkyl halides is 2. The number of carbonyl (C=O) groups is 2. The molecule has 10 nitrogen and oxygen atoms in total. The summed E-state index contributed by atoms with van der Waals surface area (Å²) in [4.78, 5) is 46.0. The molecular formula is C43H46F2N6O4. The van der Waals surface area contributed by atoms with E-state index in [9.17, 15) is 9.59 Å². The number of rotatable bonds is 4. The zero-order valence-corrected chi connectivity index (χ0v) is 32.0. The Morgan fingerprint density at radius 3 is 2.18 bits per heavy atom. The molecule has 2 aromatic heterocycles. The number of hydrogen-bond donors (Lipinski definition) is 2. The zero-order valence-electron chi connectivity index (χ0n) is 32.0. The number of halogens is 2. The van der Waals surface area contributed by atoms with Gasteiger partial charge in [-0.15, -0.1) is 0 Å². The molecule has 0 radical (unpaired) electrons. The molecule has 2 saturated heterocycles. The van der Waals surface area contributed by atoms with Crippen LogP contribution in [0.3, 0.4) is 0 Å². The van der Waals surface area contributed by atoms with Crippen molar-refractivity contribution in [2.24, 2.45) is 5.92 Å². The summed E-state index contributed by atoms with van der Waals surface area (Å²) < 4.78 is 44.2. The molecule has 2 N–H and O–H groups in total. The molecule has 12 heteroatoms. The second kappa shape index (κ2) is 12.4. The first-order chi connectivity index (χ1) is 26.0. The Morgan fingerprint density at radius 2 is 1.45 bits per heavy atom. The lowest BCUT2D eigenvalue weighted by Gasteiger charge is -2.35. The number of amides is 2. The van der Waals surface area contributed by atoms with Gasteiger partial charge >= 0.3 is 12.2 Å². The van der Waals surface area contributed by atoms with Crippen molar-refractivity contribution in [1.82, 2.24) is 29.7 Å². The molecule has 0 spiro atoms. The van der Waals surface area contributed by atoms with Gasteiger partial charge in [-0.05, 0) is 126 Å². The van der Waals surface area contributed by atoms with Gasteiger partial charge in [-0.25, -0.2) is 19.6 Å². The third-order valence-corrected chi connectivity index (χ3v) is 11.4. The summed E-state index contributed by atoms with van der Waals surface area (Å²) in [5.74, 6) is -1.59. The largest absolute Gasteiger partial charge is 0.444 e. The van der Waals surface area contributed by atoms with Crippen LogP contribution in [0.5, 0.6) is 0 Å². The lowest BCUT2D eigenvalue weighted by molar-refractivity contribution is 0.00615. The summed E-state index contributed by atoms with van der Waals surface area (Å²) in [7, 11) is 0. The van der Waals surface area contributed by atoms with Crippen LogP contribution in [0.15, 0.2) is 60.8 Å². The smallest absolute Gasteiger partial charge is 0.411 e. The number of nitrogens with one attached hydrogen (secondary N) is 2. The van der Waals surface area contributed by atoms with E-state index in [4.69, 9.17) is 14.5 Å². The number of aromatic nitrogens is 4. The minimum atomic E-state index is -3.23. The van der Waals surface area contributed by atoms with Gasteiger partial charge in [0.1, 0.15) is 22.9 Å². The van der Waals surface area contributed by atoms with Crippen LogP contribution in [0.2, 0.25) is 0 Å². The number of ether oxygens (including phenoxy) is 2. The van der Waals surface area contributed by atoms with Gasteiger partial charge in [-0.1, -0.05) is 30.3 Å². The summed E-state index contributed by atoms with van der Waals surface area (Å²) in [6.45, 7) is 11.7. The van der Waals surface area contributed by atoms with E-state index >= 15 is 8.78 Å². The van der Waals surface area contributed by atoms with Gasteiger partial charge < -0.3 is 19.4 Å². The Labute approximate surface area is 318 Å². The molecule has 286 valence electrons. The van der Waals surface area contributed by atoms with Gasteiger partial charge in [0.05, 0.1) is 35.0 Å². The Bertz CT molecular complexity index is 2350. The summed E-state index contributed by atoms with van der Waals surface area (Å²) in [6, 6.07) is 15.8. The number of hydrogen-bond acceptors (Lipinski definition) is 6. The van der Waals surface area contributed by atoms with E-state index in [1.165, 1.54) is 0 Å². The van der Waals surface area contributed by atoms with Crippen molar-refractivity contribution in [3.05, 3.63) is 83.6 Å². The molecular weight excluding hydrogens is 703 g/mol. The van der Waals surface area contributed by atoms with Gasteiger partial charge in [0.25, 0.3) is 5.92 Å². The number of benzene rings is 3. The zero-order chi connectivity index (χ0) is 38.6. The Hall–Kier alpha value is -5.26. The Balaban J connectivity index is 0.970. The maximum atomic E-state index is 16.4. The predicted molar refractivity (Wildman–Crippen MR) is 204 cm³/mol. The normalized spacial score (nSPS) is 22.7. The standard InChI is InChI=1S/C43H46F2N6O4/c1-41(2,3)54-39(52)50-17-7-8-35(50)37-46-22-34(49-37)25-11-15-29-28-14-10-23(19-30(28)43(44,45)31(29)20-25)24-12-16-32-33(21-24)48-38(47-32)36-26-9-13-27(18-26)51(36)40(53)55-42(4,5)6/h10-12,14-16,19-22,26-27,35-36H,7-9,13,17-18H2,1-6H3,(H,46,49)(H,47,48)/t26-,27-,35+,36+/m1/s1. The number of piperidine rings is 1. The lowest BCUT2D eigenvalue weighted by atomic mass is 9.98. The molecule has 9 rings (SSSR count). The number of nitrogens with zero attached hydrogens (tertiary/aromatic N) is 4. The van der Waals surface area contributed by atoms with E-state index in [0.717, 1.165) is 54.5 Å². The minimum absolute atomic E-state index is 0.0400. The van der Waals surface area contributed by atoms with Crippen molar-refractivity contribution in [2.75, 3.05) is 6.54 Å². The van der Waals surface area contributed by atoms with Gasteiger partial charge in [-0.3, -0.25) is 9.80 Å². The predicted octanol–water partition coefficient (Wildman–Crippen LogP) is 10.3. The number of imidazole rings is 2. The van der Waals surface area contributed by atoms with E-state index in [1.807, 2.05) is 76.8 Å². The molecule has 3 aromatic carbocycles. The SMILES string of the molecule is CC(C)(C)OC(=O)N1CCC[C@H]1c1ncc(-c2ccc3c(c2)C(F)(F)c2cc(-c4ccc5nc([C@@H]6[C@@H]7CC[C@H](C7)N6C(=O)OC(C)(C)C)[nH]c5c4)ccc2-3)[nH]1. The Kier molecular flexibility index (Phi) is 7.98. The number of fused-ring (bicyclic) bond motifs is 6. The highest BCUT2D eigenvalue weighted by atomic mass is 19.3. The van der Waals surface area contributed by atoms with Crippen LogP contribution in [0.1, 0.15) is 109 Å². The molecule has 2 amide bonds. The summed E-state index contributed by atoms with van der Waals surface area (Å²) >= 11 is 0. The second-order valence-corrected chi connectivity index (χ2v) is 17.5. The molecule has 2 aliphatic heterocycles. The van der Waals surface area contributed by atoms with Crippen LogP contribution in [0.25, 0.3) is 44.5 Å². The highest BCUT2D eigenvalue weighted by Crippen LogP contribution is 2.53. The maximum Gasteiger partial charge on any atom is 0.411 e. The average molecular weight is 749 g/mol. The molecule has 4 atom stereocenters. The van der Waals surface area contributed by atoms with Crippen LogP contribution in [-0.2, 0) is 15.4 Å². The number of carbonyl (C=O) groups excluding carboxylic acids is 2. The van der Waals surface area contributed by atoms with Crippen molar-refractivity contribution in [2.45, 2.75) is 109 Å². The van der Waals surface area contributed by atoms with Crippen molar-refractivity contribution >= 4 is 23.2 Å². The van der Waals surface area contributed by atoms with E-state index < -0.39 is 17.1 Å². The van der Waals surface area contributed by atoms with Crippen LogP contribution in [0.4, 0.5) is 18.4 Å². The van der Waals surface area contributed by atoms with E-state index in [0.29, 0.717) is 46.2 Å². The van der Waals surface area contributed by atoms with Gasteiger partial charge in [0, 0.05) is 29.3 Å². The highest BCUT2D eigenvalue weighted by Gasteiger charge is 2.51. The van der Waals surface area contributed by atoms with E-state index in [-0.39, 0.29) is 41.4 Å². The molecule has 5 aromatic rings. The fraction of sp³-hybridized carbons (Fsp3) is 0.442. The molecule has 0 unspecified atom stereocenters.